The van der Waals surface area contributed by atoms with Crippen LogP contribution in [-0.4, -0.2) is 11.5 Å². The van der Waals surface area contributed by atoms with Crippen molar-refractivity contribution in [1.82, 2.24) is 10.3 Å². The van der Waals surface area contributed by atoms with Crippen molar-refractivity contribution in [2.75, 3.05) is 6.54 Å². The zero-order chi connectivity index (χ0) is 9.68. The van der Waals surface area contributed by atoms with Gasteiger partial charge in [0.15, 0.2) is 0 Å². The van der Waals surface area contributed by atoms with Crippen LogP contribution in [0.1, 0.15) is 25.6 Å². The Morgan fingerprint density at radius 3 is 2.85 bits per heavy atom. The molecule has 0 radical (unpaired) electrons. The predicted molar refractivity (Wildman–Crippen MR) is 52.6 cm³/mol. The summed E-state index contributed by atoms with van der Waals surface area (Å²) in [5, 5.41) is 3.26. The molecule has 1 aromatic rings. The van der Waals surface area contributed by atoms with Crippen molar-refractivity contribution < 1.29 is 0 Å². The molecule has 1 rings (SSSR count). The quantitative estimate of drug-likeness (QED) is 0.714. The van der Waals surface area contributed by atoms with Gasteiger partial charge in [0.2, 0.25) is 5.69 Å². The molecule has 1 N–H and O–H groups in total. The number of hydrogen-bond acceptors (Lipinski definition) is 2. The van der Waals surface area contributed by atoms with Crippen LogP contribution in [0.25, 0.3) is 4.85 Å². The molecule has 0 aliphatic heterocycles. The second-order valence-electron chi connectivity index (χ2n) is 2.83. The molecule has 1 atom stereocenters. The highest BCUT2D eigenvalue weighted by atomic mass is 14.9. The van der Waals surface area contributed by atoms with E-state index in [0.29, 0.717) is 5.69 Å². The molecule has 0 amide bonds. The number of rotatable bonds is 3. The molecule has 68 valence electrons. The van der Waals surface area contributed by atoms with E-state index < -0.39 is 0 Å². The Labute approximate surface area is 78.6 Å². The Morgan fingerprint density at radius 1 is 1.62 bits per heavy atom. The summed E-state index contributed by atoms with van der Waals surface area (Å²) in [6.07, 6.45) is 1.61. The lowest BCUT2D eigenvalue weighted by molar-refractivity contribution is 0.584. The minimum Gasteiger partial charge on any atom is -0.309 e. The molecule has 1 aromatic heterocycles. The maximum atomic E-state index is 6.77. The van der Waals surface area contributed by atoms with Crippen molar-refractivity contribution in [2.24, 2.45) is 0 Å². The average Bonchev–Trinajstić information content (AvgIpc) is 2.18. The summed E-state index contributed by atoms with van der Waals surface area (Å²) in [6, 6.07) is 3.94. The molecular weight excluding hydrogens is 162 g/mol. The molecule has 0 fully saturated rings. The van der Waals surface area contributed by atoms with E-state index in [4.69, 9.17) is 6.57 Å². The van der Waals surface area contributed by atoms with Crippen molar-refractivity contribution in [1.29, 1.82) is 0 Å². The first-order valence-electron chi connectivity index (χ1n) is 4.34. The molecule has 3 nitrogen and oxygen atoms in total. The first kappa shape index (κ1) is 9.69. The highest BCUT2D eigenvalue weighted by Crippen LogP contribution is 2.14. The Hall–Kier alpha value is -1.40. The summed E-state index contributed by atoms with van der Waals surface area (Å²) in [7, 11) is 0. The number of nitrogens with one attached hydrogen (secondary N) is 1. The fourth-order valence-electron chi connectivity index (χ4n) is 1.13. The monoisotopic (exact) mass is 175 g/mol. The summed E-state index contributed by atoms with van der Waals surface area (Å²) >= 11 is 0. The third-order valence-corrected chi connectivity index (χ3v) is 1.85. The van der Waals surface area contributed by atoms with Crippen LogP contribution in [0.15, 0.2) is 18.3 Å². The molecule has 1 heterocycles. The van der Waals surface area contributed by atoms with Crippen LogP contribution >= 0.6 is 0 Å². The van der Waals surface area contributed by atoms with E-state index in [0.717, 1.165) is 12.2 Å². The van der Waals surface area contributed by atoms with Crippen LogP contribution in [0.2, 0.25) is 0 Å². The molecule has 0 bridgehead atoms. The van der Waals surface area contributed by atoms with E-state index in [1.807, 2.05) is 6.07 Å². The summed E-state index contributed by atoms with van der Waals surface area (Å²) < 4.78 is 0. The average molecular weight is 175 g/mol. The minimum absolute atomic E-state index is 0.254. The van der Waals surface area contributed by atoms with Crippen molar-refractivity contribution in [3.05, 3.63) is 35.4 Å². The van der Waals surface area contributed by atoms with Crippen LogP contribution < -0.4 is 5.32 Å². The number of aromatic nitrogens is 1. The first-order valence-corrected chi connectivity index (χ1v) is 4.34. The smallest absolute Gasteiger partial charge is 0.205 e. The van der Waals surface area contributed by atoms with Crippen molar-refractivity contribution in [3.8, 4) is 0 Å². The van der Waals surface area contributed by atoms with Crippen LogP contribution in [0.5, 0.6) is 0 Å². The van der Waals surface area contributed by atoms with Crippen molar-refractivity contribution >= 4 is 5.69 Å². The molecule has 0 aliphatic rings. The molecule has 0 aromatic carbocycles. The highest BCUT2D eigenvalue weighted by molar-refractivity contribution is 5.41. The zero-order valence-electron chi connectivity index (χ0n) is 7.91. The van der Waals surface area contributed by atoms with E-state index in [1.54, 1.807) is 12.3 Å². The third kappa shape index (κ3) is 2.53. The number of nitrogens with zero attached hydrogens (tertiary/aromatic N) is 2. The van der Waals surface area contributed by atoms with Gasteiger partial charge in [-0.25, -0.2) is 4.85 Å². The molecule has 0 spiro atoms. The predicted octanol–water partition coefficient (Wildman–Crippen LogP) is 2.30. The van der Waals surface area contributed by atoms with Gasteiger partial charge >= 0.3 is 0 Å². The van der Waals surface area contributed by atoms with Gasteiger partial charge in [0.05, 0.1) is 12.3 Å². The maximum Gasteiger partial charge on any atom is 0.205 e. The fraction of sp³-hybridized carbons (Fsp3) is 0.400. The molecule has 1 unspecified atom stereocenters. The SMILES string of the molecule is [C-]#[N+]c1ccc(C(C)NCC)nc1. The molecule has 0 aliphatic carbocycles. The van der Waals surface area contributed by atoms with Gasteiger partial charge in [-0.1, -0.05) is 13.0 Å². The Kier molecular flexibility index (Phi) is 3.41. The normalized spacial score (nSPS) is 12.1. The lowest BCUT2D eigenvalue weighted by Crippen LogP contribution is -2.18. The highest BCUT2D eigenvalue weighted by Gasteiger charge is 2.03. The number of pyridine rings is 1. The van der Waals surface area contributed by atoms with Gasteiger partial charge in [0.1, 0.15) is 0 Å². The van der Waals surface area contributed by atoms with E-state index in [9.17, 15) is 0 Å². The molecule has 0 saturated carbocycles. The molecular formula is C10H13N3. The van der Waals surface area contributed by atoms with Gasteiger partial charge in [0.25, 0.3) is 0 Å². The molecule has 3 heteroatoms. The van der Waals surface area contributed by atoms with Gasteiger partial charge in [-0.15, -0.1) is 0 Å². The lowest BCUT2D eigenvalue weighted by atomic mass is 10.2. The fourth-order valence-corrected chi connectivity index (χ4v) is 1.13. The summed E-state index contributed by atoms with van der Waals surface area (Å²) in [5.74, 6) is 0. The van der Waals surface area contributed by atoms with Crippen LogP contribution in [0.3, 0.4) is 0 Å². The third-order valence-electron chi connectivity index (χ3n) is 1.85. The van der Waals surface area contributed by atoms with Gasteiger partial charge in [-0.2, -0.15) is 0 Å². The Bertz CT molecular complexity index is 297. The van der Waals surface area contributed by atoms with Gasteiger partial charge in [0, 0.05) is 12.2 Å². The minimum atomic E-state index is 0.254. The summed E-state index contributed by atoms with van der Waals surface area (Å²) in [5.41, 5.74) is 1.57. The zero-order valence-corrected chi connectivity index (χ0v) is 7.91. The molecule has 13 heavy (non-hydrogen) atoms. The van der Waals surface area contributed by atoms with E-state index in [1.165, 1.54) is 0 Å². The van der Waals surface area contributed by atoms with Gasteiger partial charge in [-0.3, -0.25) is 4.98 Å². The Morgan fingerprint density at radius 2 is 2.38 bits per heavy atom. The summed E-state index contributed by atoms with van der Waals surface area (Å²) in [6.45, 7) is 11.8. The van der Waals surface area contributed by atoms with E-state index in [2.05, 4.69) is 29.0 Å². The largest absolute Gasteiger partial charge is 0.309 e. The van der Waals surface area contributed by atoms with Crippen LogP contribution in [-0.2, 0) is 0 Å². The van der Waals surface area contributed by atoms with E-state index >= 15 is 0 Å². The lowest BCUT2D eigenvalue weighted by Gasteiger charge is -2.10. The first-order chi connectivity index (χ1) is 6.27. The van der Waals surface area contributed by atoms with Gasteiger partial charge in [-0.05, 0) is 19.5 Å². The summed E-state index contributed by atoms with van der Waals surface area (Å²) in [4.78, 5) is 7.48. The van der Waals surface area contributed by atoms with Crippen LogP contribution in [0.4, 0.5) is 5.69 Å². The van der Waals surface area contributed by atoms with Crippen molar-refractivity contribution in [2.45, 2.75) is 19.9 Å². The molecule has 0 saturated heterocycles. The second kappa shape index (κ2) is 4.58. The van der Waals surface area contributed by atoms with Gasteiger partial charge < -0.3 is 5.32 Å². The number of hydrogen-bond donors (Lipinski definition) is 1. The standard InChI is InChI=1S/C10H13N3/c1-4-12-8(2)10-6-5-9(11-3)7-13-10/h5-8,12H,4H2,1-2H3. The Balaban J connectivity index is 2.75. The maximum absolute atomic E-state index is 6.77. The van der Waals surface area contributed by atoms with E-state index in [-0.39, 0.29) is 6.04 Å². The second-order valence-corrected chi connectivity index (χ2v) is 2.83. The topological polar surface area (TPSA) is 29.3 Å². The van der Waals surface area contributed by atoms with Crippen molar-refractivity contribution in [3.63, 3.8) is 0 Å². The van der Waals surface area contributed by atoms with Crippen LogP contribution in [0, 0.1) is 6.57 Å².